The highest BCUT2D eigenvalue weighted by molar-refractivity contribution is 5.81. The van der Waals surface area contributed by atoms with Gasteiger partial charge in [-0.3, -0.25) is 0 Å². The first-order chi connectivity index (χ1) is 23.8. The van der Waals surface area contributed by atoms with E-state index in [1.807, 2.05) is 81.4 Å². The number of anilines is 6. The number of hydrogen-bond donors (Lipinski definition) is 4. The highest BCUT2D eigenvalue weighted by Crippen LogP contribution is 2.39. The molecular formula is C43H42N2O4. The quantitative estimate of drug-likeness (QED) is 0.112. The van der Waals surface area contributed by atoms with Crippen molar-refractivity contribution in [3.05, 3.63) is 166 Å². The molecule has 6 aromatic rings. The van der Waals surface area contributed by atoms with E-state index in [-0.39, 0.29) is 26.4 Å². The summed E-state index contributed by atoms with van der Waals surface area (Å²) in [6.45, 7) is 6.00. The summed E-state index contributed by atoms with van der Waals surface area (Å²) in [7, 11) is 0. The number of nitrogens with zero attached hydrogens (tertiary/aromatic N) is 2. The summed E-state index contributed by atoms with van der Waals surface area (Å²) >= 11 is 0. The second-order valence-electron chi connectivity index (χ2n) is 12.4. The number of hydrogen-bond acceptors (Lipinski definition) is 6. The Kier molecular flexibility index (Phi) is 10.2. The molecule has 0 atom stereocenters. The molecule has 0 aliphatic rings. The van der Waals surface area contributed by atoms with Crippen LogP contribution in [0.25, 0.3) is 11.1 Å². The molecule has 6 rings (SSSR count). The molecule has 0 heterocycles. The van der Waals surface area contributed by atoms with Crippen LogP contribution in [0.1, 0.15) is 38.9 Å². The third-order valence-corrected chi connectivity index (χ3v) is 9.23. The maximum absolute atomic E-state index is 9.77. The fourth-order valence-electron chi connectivity index (χ4n) is 6.24. The summed E-state index contributed by atoms with van der Waals surface area (Å²) < 4.78 is 0. The zero-order chi connectivity index (χ0) is 34.5. The van der Waals surface area contributed by atoms with Gasteiger partial charge in [0, 0.05) is 34.1 Å². The molecule has 0 saturated heterocycles. The van der Waals surface area contributed by atoms with Gasteiger partial charge in [-0.25, -0.2) is 0 Å². The predicted molar refractivity (Wildman–Crippen MR) is 199 cm³/mol. The first-order valence-electron chi connectivity index (χ1n) is 16.4. The van der Waals surface area contributed by atoms with E-state index in [2.05, 4.69) is 76.5 Å². The number of benzene rings is 6. The van der Waals surface area contributed by atoms with Crippen molar-refractivity contribution in [1.29, 1.82) is 0 Å². The van der Waals surface area contributed by atoms with E-state index in [4.69, 9.17) is 0 Å². The molecule has 49 heavy (non-hydrogen) atoms. The molecule has 0 radical (unpaired) electrons. The average molecular weight is 651 g/mol. The first kappa shape index (κ1) is 33.7. The fraction of sp³-hybridized carbons (Fsp3) is 0.163. The Bertz CT molecular complexity index is 1980. The van der Waals surface area contributed by atoms with Crippen LogP contribution in [-0.2, 0) is 26.4 Å². The molecule has 0 amide bonds. The van der Waals surface area contributed by atoms with Crippen LogP contribution in [0.2, 0.25) is 0 Å². The summed E-state index contributed by atoms with van der Waals surface area (Å²) in [5.74, 6) is 0. The fourth-order valence-corrected chi connectivity index (χ4v) is 6.24. The monoisotopic (exact) mass is 650 g/mol. The Morgan fingerprint density at radius 1 is 0.347 bits per heavy atom. The average Bonchev–Trinajstić information content (AvgIpc) is 3.13. The van der Waals surface area contributed by atoms with Gasteiger partial charge in [0.15, 0.2) is 0 Å². The van der Waals surface area contributed by atoms with E-state index in [1.165, 1.54) is 0 Å². The third kappa shape index (κ3) is 7.14. The summed E-state index contributed by atoms with van der Waals surface area (Å²) in [6.07, 6.45) is 0. The van der Waals surface area contributed by atoms with E-state index < -0.39 is 0 Å². The van der Waals surface area contributed by atoms with Crippen LogP contribution in [0.5, 0.6) is 0 Å². The highest BCUT2D eigenvalue weighted by Gasteiger charge is 2.17. The van der Waals surface area contributed by atoms with E-state index in [0.29, 0.717) is 0 Å². The Morgan fingerprint density at radius 3 is 0.918 bits per heavy atom. The predicted octanol–water partition coefficient (Wildman–Crippen LogP) is 9.19. The van der Waals surface area contributed by atoms with Crippen LogP contribution in [0.4, 0.5) is 34.1 Å². The molecule has 0 unspecified atom stereocenters. The summed E-state index contributed by atoms with van der Waals surface area (Å²) in [5, 5.41) is 38.9. The standard InChI is InChI=1S/C43H42N2O4/c1-29-22-41(19-10-35(29)26-47)44(38-13-4-32(25-46)5-14-38)39-15-6-33(7-16-39)34-8-17-40(18-9-34)45(42-20-11-36(27-48)30(2)23-42)43-21-12-37(28-49)31(3)24-43/h4-24,46-49H,25-28H2,1-3H3. The Hall–Kier alpha value is -5.24. The molecule has 6 heteroatoms. The topological polar surface area (TPSA) is 87.4 Å². The molecule has 4 N–H and O–H groups in total. The Labute approximate surface area is 288 Å². The van der Waals surface area contributed by atoms with E-state index in [0.717, 1.165) is 84.2 Å². The Morgan fingerprint density at radius 2 is 0.633 bits per heavy atom. The van der Waals surface area contributed by atoms with E-state index in [1.54, 1.807) is 0 Å². The molecular weight excluding hydrogens is 608 g/mol. The lowest BCUT2D eigenvalue weighted by atomic mass is 10.0. The molecule has 0 fully saturated rings. The minimum absolute atomic E-state index is 0.00612. The zero-order valence-corrected chi connectivity index (χ0v) is 28.1. The van der Waals surface area contributed by atoms with Crippen molar-refractivity contribution >= 4 is 34.1 Å². The largest absolute Gasteiger partial charge is 0.392 e. The number of aliphatic hydroxyl groups is 4. The van der Waals surface area contributed by atoms with E-state index >= 15 is 0 Å². The molecule has 248 valence electrons. The van der Waals surface area contributed by atoms with Crippen LogP contribution in [-0.4, -0.2) is 20.4 Å². The van der Waals surface area contributed by atoms with Crippen LogP contribution >= 0.6 is 0 Å². The molecule has 0 aliphatic carbocycles. The third-order valence-electron chi connectivity index (χ3n) is 9.23. The minimum atomic E-state index is -0.0128. The molecule has 0 aliphatic heterocycles. The van der Waals surface area contributed by atoms with E-state index in [9.17, 15) is 20.4 Å². The molecule has 6 nitrogen and oxygen atoms in total. The van der Waals surface area contributed by atoms with Gasteiger partial charge in [0.25, 0.3) is 0 Å². The second kappa shape index (κ2) is 14.9. The number of rotatable bonds is 11. The van der Waals surface area contributed by atoms with Gasteiger partial charge in [-0.15, -0.1) is 0 Å². The molecule has 0 bridgehead atoms. The second-order valence-corrected chi connectivity index (χ2v) is 12.4. The van der Waals surface area contributed by atoms with Crippen LogP contribution in [0.15, 0.2) is 127 Å². The van der Waals surface area contributed by atoms with Gasteiger partial charge in [0.1, 0.15) is 0 Å². The minimum Gasteiger partial charge on any atom is -0.392 e. The lowest BCUT2D eigenvalue weighted by Gasteiger charge is -2.27. The van der Waals surface area contributed by atoms with Crippen molar-refractivity contribution in [3.63, 3.8) is 0 Å². The van der Waals surface area contributed by atoms with Crippen molar-refractivity contribution < 1.29 is 20.4 Å². The first-order valence-corrected chi connectivity index (χ1v) is 16.4. The summed E-state index contributed by atoms with van der Waals surface area (Å²) in [4.78, 5) is 4.37. The summed E-state index contributed by atoms with van der Waals surface area (Å²) in [6, 6.07) is 43.1. The van der Waals surface area contributed by atoms with Crippen molar-refractivity contribution in [2.45, 2.75) is 47.2 Å². The number of aryl methyl sites for hydroxylation is 3. The van der Waals surface area contributed by atoms with Crippen molar-refractivity contribution in [2.24, 2.45) is 0 Å². The van der Waals surface area contributed by atoms with Crippen molar-refractivity contribution in [1.82, 2.24) is 0 Å². The van der Waals surface area contributed by atoms with Crippen LogP contribution < -0.4 is 9.80 Å². The van der Waals surface area contributed by atoms with Gasteiger partial charge < -0.3 is 30.2 Å². The van der Waals surface area contributed by atoms with Crippen molar-refractivity contribution in [3.8, 4) is 11.1 Å². The van der Waals surface area contributed by atoms with Crippen molar-refractivity contribution in [2.75, 3.05) is 9.80 Å². The van der Waals surface area contributed by atoms with Gasteiger partial charge in [0.05, 0.1) is 26.4 Å². The molecule has 0 aromatic heterocycles. The maximum atomic E-state index is 9.77. The zero-order valence-electron chi connectivity index (χ0n) is 28.1. The van der Waals surface area contributed by atoms with Gasteiger partial charge in [-0.1, -0.05) is 54.6 Å². The molecule has 0 saturated carbocycles. The lowest BCUT2D eigenvalue weighted by Crippen LogP contribution is -2.11. The smallest absolute Gasteiger partial charge is 0.0684 e. The normalized spacial score (nSPS) is 11.1. The Balaban J connectivity index is 1.34. The van der Waals surface area contributed by atoms with Crippen LogP contribution in [0, 0.1) is 20.8 Å². The highest BCUT2D eigenvalue weighted by atomic mass is 16.3. The van der Waals surface area contributed by atoms with Gasteiger partial charge in [-0.2, -0.15) is 0 Å². The SMILES string of the molecule is Cc1cc(N(c2ccc(CO)cc2)c2ccc(-c3ccc(N(c4ccc(CO)c(C)c4)c4ccc(CO)c(C)c4)cc3)cc2)ccc1CO. The number of aliphatic hydroxyl groups excluding tert-OH is 4. The summed E-state index contributed by atoms with van der Waals surface area (Å²) in [5.41, 5.74) is 14.6. The van der Waals surface area contributed by atoms with Crippen LogP contribution in [0.3, 0.4) is 0 Å². The van der Waals surface area contributed by atoms with Gasteiger partial charge >= 0.3 is 0 Å². The van der Waals surface area contributed by atoms with Gasteiger partial charge in [-0.05, 0) is 144 Å². The van der Waals surface area contributed by atoms with Gasteiger partial charge in [0.2, 0.25) is 0 Å². The molecule has 6 aromatic carbocycles. The molecule has 0 spiro atoms. The maximum Gasteiger partial charge on any atom is 0.0684 e. The lowest BCUT2D eigenvalue weighted by molar-refractivity contribution is 0.281.